The third kappa shape index (κ3) is 1.14. The molecule has 1 amide bonds. The maximum atomic E-state index is 11.3. The van der Waals surface area contributed by atoms with Gasteiger partial charge in [0.25, 0.3) is 5.91 Å². The van der Waals surface area contributed by atoms with E-state index in [1.54, 1.807) is 0 Å². The molecule has 3 heteroatoms. The average molecular weight is 167 g/mol. The summed E-state index contributed by atoms with van der Waals surface area (Å²) in [6.07, 6.45) is 5.71. The number of amides is 1. The zero-order chi connectivity index (χ0) is 8.55. The molecule has 0 heterocycles. The molecule has 0 aliphatic heterocycles. The molecule has 1 fully saturated rings. The molecule has 2 atom stereocenters. The van der Waals surface area contributed by atoms with Crippen molar-refractivity contribution in [1.82, 2.24) is 5.48 Å². The predicted molar refractivity (Wildman–Crippen MR) is 44.1 cm³/mol. The molecule has 12 heavy (non-hydrogen) atoms. The van der Waals surface area contributed by atoms with E-state index in [1.165, 1.54) is 26.4 Å². The fraction of sp³-hybridized carbons (Fsp3) is 0.667. The minimum Gasteiger partial charge on any atom is -0.277 e. The third-order valence-corrected chi connectivity index (χ3v) is 2.79. The van der Waals surface area contributed by atoms with Gasteiger partial charge >= 0.3 is 0 Å². The maximum Gasteiger partial charge on any atom is 0.270 e. The molecule has 0 aromatic carbocycles. The summed E-state index contributed by atoms with van der Waals surface area (Å²) in [5.41, 5.74) is 3.30. The summed E-state index contributed by atoms with van der Waals surface area (Å²) >= 11 is 0. The Labute approximate surface area is 71.7 Å². The minimum atomic E-state index is -0.0512. The summed E-state index contributed by atoms with van der Waals surface area (Å²) in [6.45, 7) is 0. The molecule has 0 spiro atoms. The van der Waals surface area contributed by atoms with Crippen molar-refractivity contribution in [1.29, 1.82) is 0 Å². The minimum absolute atomic E-state index is 0.0512. The van der Waals surface area contributed by atoms with Crippen molar-refractivity contribution in [2.75, 3.05) is 7.11 Å². The summed E-state index contributed by atoms with van der Waals surface area (Å²) in [5, 5.41) is 0. The quantitative estimate of drug-likeness (QED) is 0.623. The van der Waals surface area contributed by atoms with Crippen molar-refractivity contribution >= 4 is 5.91 Å². The van der Waals surface area contributed by atoms with Crippen LogP contribution in [0.3, 0.4) is 0 Å². The van der Waals surface area contributed by atoms with Gasteiger partial charge in [0.1, 0.15) is 0 Å². The van der Waals surface area contributed by atoms with Crippen LogP contribution in [0.25, 0.3) is 0 Å². The first-order valence-corrected chi connectivity index (χ1v) is 4.36. The predicted octanol–water partition coefficient (Wildman–Crippen LogP) is 1.02. The monoisotopic (exact) mass is 167 g/mol. The third-order valence-electron chi connectivity index (χ3n) is 2.79. The Hall–Kier alpha value is -0.830. The Kier molecular flexibility index (Phi) is 1.89. The van der Waals surface area contributed by atoms with Gasteiger partial charge in [-0.15, -0.1) is 0 Å². The lowest BCUT2D eigenvalue weighted by molar-refractivity contribution is -0.127. The van der Waals surface area contributed by atoms with Gasteiger partial charge in [0.05, 0.1) is 7.11 Å². The molecule has 66 valence electrons. The van der Waals surface area contributed by atoms with Gasteiger partial charge in [-0.05, 0) is 31.1 Å². The van der Waals surface area contributed by atoms with E-state index in [2.05, 4.69) is 16.4 Å². The van der Waals surface area contributed by atoms with Crippen molar-refractivity contribution in [2.24, 2.45) is 11.8 Å². The molecular weight excluding hydrogens is 154 g/mol. The summed E-state index contributed by atoms with van der Waals surface area (Å²) in [4.78, 5) is 15.9. The molecule has 2 aliphatic carbocycles. The molecule has 0 saturated heterocycles. The van der Waals surface area contributed by atoms with Gasteiger partial charge in [0.2, 0.25) is 0 Å². The molecule has 2 aliphatic rings. The summed E-state index contributed by atoms with van der Waals surface area (Å²) < 4.78 is 0. The normalized spacial score (nSPS) is 31.9. The van der Waals surface area contributed by atoms with Crippen LogP contribution in [0.15, 0.2) is 11.6 Å². The lowest BCUT2D eigenvalue weighted by atomic mass is 9.98. The van der Waals surface area contributed by atoms with Crippen LogP contribution in [0.4, 0.5) is 0 Å². The highest BCUT2D eigenvalue weighted by Gasteiger charge is 2.35. The standard InChI is InChI=1S/C9H13NO2/c1-12-10-9(11)8-5-6-2-3-7(8)4-6/h5-7H,2-4H2,1H3,(H,10,11)/t6-,7+/m0/s1. The Bertz CT molecular complexity index is 235. The van der Waals surface area contributed by atoms with Crippen LogP contribution >= 0.6 is 0 Å². The number of rotatable bonds is 2. The van der Waals surface area contributed by atoms with Gasteiger partial charge in [-0.25, -0.2) is 5.48 Å². The van der Waals surface area contributed by atoms with Crippen LogP contribution in [0, 0.1) is 11.8 Å². The van der Waals surface area contributed by atoms with Gasteiger partial charge in [-0.1, -0.05) is 6.08 Å². The highest BCUT2D eigenvalue weighted by Crippen LogP contribution is 2.43. The van der Waals surface area contributed by atoms with Crippen molar-refractivity contribution in [3.8, 4) is 0 Å². The molecule has 0 aromatic rings. The lowest BCUT2D eigenvalue weighted by Crippen LogP contribution is -2.26. The van der Waals surface area contributed by atoms with E-state index in [-0.39, 0.29) is 5.91 Å². The first kappa shape index (κ1) is 7.80. The van der Waals surface area contributed by atoms with Crippen LogP contribution in [-0.4, -0.2) is 13.0 Å². The number of allylic oxidation sites excluding steroid dienone is 1. The fourth-order valence-corrected chi connectivity index (χ4v) is 2.25. The zero-order valence-corrected chi connectivity index (χ0v) is 7.17. The maximum absolute atomic E-state index is 11.3. The van der Waals surface area contributed by atoms with Crippen LogP contribution in [0.5, 0.6) is 0 Å². The summed E-state index contributed by atoms with van der Waals surface area (Å²) in [6, 6.07) is 0. The second kappa shape index (κ2) is 2.90. The Balaban J connectivity index is 2.05. The van der Waals surface area contributed by atoms with E-state index in [9.17, 15) is 4.79 Å². The molecule has 3 nitrogen and oxygen atoms in total. The molecule has 0 radical (unpaired) electrons. The Morgan fingerprint density at radius 3 is 3.00 bits per heavy atom. The first-order valence-electron chi connectivity index (χ1n) is 4.36. The number of hydrogen-bond acceptors (Lipinski definition) is 2. The highest BCUT2D eigenvalue weighted by atomic mass is 16.6. The molecule has 1 N–H and O–H groups in total. The molecule has 2 rings (SSSR count). The number of nitrogens with one attached hydrogen (secondary N) is 1. The number of carbonyl (C=O) groups excluding carboxylic acids is 1. The summed E-state index contributed by atoms with van der Waals surface area (Å²) in [5.74, 6) is 1.11. The fourth-order valence-electron chi connectivity index (χ4n) is 2.25. The topological polar surface area (TPSA) is 38.3 Å². The van der Waals surface area contributed by atoms with E-state index in [4.69, 9.17) is 0 Å². The Morgan fingerprint density at radius 1 is 1.67 bits per heavy atom. The Morgan fingerprint density at radius 2 is 2.50 bits per heavy atom. The van der Waals surface area contributed by atoms with Crippen molar-refractivity contribution < 1.29 is 9.63 Å². The molecular formula is C9H13NO2. The van der Waals surface area contributed by atoms with Gasteiger partial charge < -0.3 is 0 Å². The number of fused-ring (bicyclic) bond motifs is 2. The zero-order valence-electron chi connectivity index (χ0n) is 7.17. The van der Waals surface area contributed by atoms with Crippen LogP contribution in [-0.2, 0) is 9.63 Å². The van der Waals surface area contributed by atoms with Gasteiger partial charge in [-0.2, -0.15) is 0 Å². The average Bonchev–Trinajstić information content (AvgIpc) is 2.64. The van der Waals surface area contributed by atoms with E-state index >= 15 is 0 Å². The number of hydrogen-bond donors (Lipinski definition) is 1. The van der Waals surface area contributed by atoms with Crippen LogP contribution < -0.4 is 5.48 Å². The number of carbonyl (C=O) groups is 1. The second-order valence-electron chi connectivity index (χ2n) is 3.53. The molecule has 1 saturated carbocycles. The molecule has 2 bridgehead atoms. The van der Waals surface area contributed by atoms with Gasteiger partial charge in [0, 0.05) is 5.57 Å². The molecule has 0 aromatic heterocycles. The first-order chi connectivity index (χ1) is 5.81. The summed E-state index contributed by atoms with van der Waals surface area (Å²) in [7, 11) is 1.46. The van der Waals surface area contributed by atoms with E-state index in [0.717, 1.165) is 5.57 Å². The van der Waals surface area contributed by atoms with E-state index in [0.29, 0.717) is 11.8 Å². The highest BCUT2D eigenvalue weighted by molar-refractivity contribution is 5.93. The van der Waals surface area contributed by atoms with Crippen LogP contribution in [0.1, 0.15) is 19.3 Å². The lowest BCUT2D eigenvalue weighted by Gasteiger charge is -2.11. The second-order valence-corrected chi connectivity index (χ2v) is 3.53. The molecule has 0 unspecified atom stereocenters. The number of hydroxylamine groups is 1. The SMILES string of the molecule is CONC(=O)C1=C[C@H]2CC[C@@H]1C2. The van der Waals surface area contributed by atoms with Crippen molar-refractivity contribution in [3.05, 3.63) is 11.6 Å². The van der Waals surface area contributed by atoms with E-state index < -0.39 is 0 Å². The van der Waals surface area contributed by atoms with Gasteiger partial charge in [-0.3, -0.25) is 9.63 Å². The largest absolute Gasteiger partial charge is 0.277 e. The van der Waals surface area contributed by atoms with E-state index in [1.807, 2.05) is 0 Å². The van der Waals surface area contributed by atoms with Crippen LogP contribution in [0.2, 0.25) is 0 Å². The van der Waals surface area contributed by atoms with Gasteiger partial charge in [0.15, 0.2) is 0 Å². The van der Waals surface area contributed by atoms with Crippen molar-refractivity contribution in [3.63, 3.8) is 0 Å². The van der Waals surface area contributed by atoms with Crippen molar-refractivity contribution in [2.45, 2.75) is 19.3 Å². The smallest absolute Gasteiger partial charge is 0.270 e.